The van der Waals surface area contributed by atoms with Crippen LogP contribution in [0, 0.1) is 10.1 Å². The van der Waals surface area contributed by atoms with E-state index in [1.807, 2.05) is 0 Å². The van der Waals surface area contributed by atoms with Crippen LogP contribution in [0.25, 0.3) is 0 Å². The van der Waals surface area contributed by atoms with E-state index in [-0.39, 0.29) is 22.2 Å². The standard InChI is InChI=1S/C11H14ClN3O4S/c12-9-3-2-8(15(16)17)6-10(9)20(18,19)14-7-11(13)4-1-5-11/h2-3,6,14H,1,4-5,7,13H2. The van der Waals surface area contributed by atoms with E-state index in [1.165, 1.54) is 6.07 Å². The summed E-state index contributed by atoms with van der Waals surface area (Å²) in [5, 5.41) is 10.6. The van der Waals surface area contributed by atoms with Gasteiger partial charge in [-0.05, 0) is 25.3 Å². The third kappa shape index (κ3) is 3.09. The highest BCUT2D eigenvalue weighted by Gasteiger charge is 2.34. The van der Waals surface area contributed by atoms with E-state index in [1.54, 1.807) is 0 Å². The van der Waals surface area contributed by atoms with Crippen LogP contribution in [0.2, 0.25) is 5.02 Å². The van der Waals surface area contributed by atoms with Gasteiger partial charge in [0.25, 0.3) is 5.69 Å². The quantitative estimate of drug-likeness (QED) is 0.629. The third-order valence-corrected chi connectivity index (χ3v) is 5.26. The van der Waals surface area contributed by atoms with Crippen LogP contribution >= 0.6 is 11.6 Å². The van der Waals surface area contributed by atoms with Gasteiger partial charge in [-0.2, -0.15) is 0 Å². The minimum Gasteiger partial charge on any atom is -0.324 e. The van der Waals surface area contributed by atoms with Crippen molar-refractivity contribution in [2.24, 2.45) is 5.73 Å². The monoisotopic (exact) mass is 319 g/mol. The summed E-state index contributed by atoms with van der Waals surface area (Å²) in [7, 11) is -3.92. The zero-order valence-electron chi connectivity index (χ0n) is 10.5. The Morgan fingerprint density at radius 1 is 1.45 bits per heavy atom. The smallest absolute Gasteiger partial charge is 0.270 e. The number of hydrogen-bond donors (Lipinski definition) is 2. The van der Waals surface area contributed by atoms with E-state index in [4.69, 9.17) is 17.3 Å². The van der Waals surface area contributed by atoms with Crippen molar-refractivity contribution in [1.29, 1.82) is 0 Å². The lowest BCUT2D eigenvalue weighted by Gasteiger charge is -2.38. The van der Waals surface area contributed by atoms with Gasteiger partial charge in [0.1, 0.15) is 4.90 Å². The predicted molar refractivity (Wildman–Crippen MR) is 74.1 cm³/mol. The molecule has 20 heavy (non-hydrogen) atoms. The van der Waals surface area contributed by atoms with E-state index in [0.717, 1.165) is 31.4 Å². The lowest BCUT2D eigenvalue weighted by Crippen LogP contribution is -2.54. The molecule has 0 saturated heterocycles. The Morgan fingerprint density at radius 3 is 2.60 bits per heavy atom. The summed E-state index contributed by atoms with van der Waals surface area (Å²) in [5.74, 6) is 0. The molecule has 0 amide bonds. The fourth-order valence-corrected chi connectivity index (χ4v) is 3.59. The molecular formula is C11H14ClN3O4S. The summed E-state index contributed by atoms with van der Waals surface area (Å²) in [5.41, 5.74) is 5.08. The minimum absolute atomic E-state index is 0.0669. The maximum absolute atomic E-state index is 12.1. The number of nitro groups is 1. The van der Waals surface area contributed by atoms with Crippen LogP contribution in [0.1, 0.15) is 19.3 Å². The van der Waals surface area contributed by atoms with Crippen LogP contribution in [-0.4, -0.2) is 25.4 Å². The first-order valence-corrected chi connectivity index (χ1v) is 7.82. The van der Waals surface area contributed by atoms with Crippen LogP contribution in [0.15, 0.2) is 23.1 Å². The number of nitrogens with zero attached hydrogens (tertiary/aromatic N) is 1. The van der Waals surface area contributed by atoms with Gasteiger partial charge in [0.15, 0.2) is 0 Å². The second-order valence-electron chi connectivity index (χ2n) is 4.91. The average molecular weight is 320 g/mol. The summed E-state index contributed by atoms with van der Waals surface area (Å²) in [4.78, 5) is 9.71. The normalized spacial score (nSPS) is 17.5. The van der Waals surface area contributed by atoms with E-state index < -0.39 is 20.5 Å². The summed E-state index contributed by atoms with van der Waals surface area (Å²) in [6, 6.07) is 3.28. The number of nitro benzene ring substituents is 1. The Labute approximate surface area is 121 Å². The summed E-state index contributed by atoms with van der Waals surface area (Å²) >= 11 is 5.81. The molecule has 0 unspecified atom stereocenters. The topological polar surface area (TPSA) is 115 Å². The van der Waals surface area contributed by atoms with Gasteiger partial charge in [0.05, 0.1) is 9.95 Å². The zero-order chi connectivity index (χ0) is 15.0. The van der Waals surface area contributed by atoms with Gasteiger partial charge in [0.2, 0.25) is 10.0 Å². The molecule has 1 saturated carbocycles. The number of halogens is 1. The van der Waals surface area contributed by atoms with Crippen LogP contribution in [0.5, 0.6) is 0 Å². The molecule has 0 spiro atoms. The lowest BCUT2D eigenvalue weighted by molar-refractivity contribution is -0.385. The van der Waals surface area contributed by atoms with E-state index in [9.17, 15) is 18.5 Å². The largest absolute Gasteiger partial charge is 0.324 e. The van der Waals surface area contributed by atoms with Gasteiger partial charge >= 0.3 is 0 Å². The molecule has 110 valence electrons. The Balaban J connectivity index is 2.24. The number of non-ortho nitro benzene ring substituents is 1. The fraction of sp³-hybridized carbons (Fsp3) is 0.455. The highest BCUT2D eigenvalue weighted by molar-refractivity contribution is 7.89. The Hall–Kier alpha value is -1.22. The molecule has 0 aromatic heterocycles. The van der Waals surface area contributed by atoms with E-state index in [2.05, 4.69) is 4.72 Å². The number of rotatable bonds is 5. The predicted octanol–water partition coefficient (Wildman–Crippen LogP) is 1.41. The molecule has 3 N–H and O–H groups in total. The minimum atomic E-state index is -3.92. The number of nitrogens with one attached hydrogen (secondary N) is 1. The van der Waals surface area contributed by atoms with Crippen molar-refractivity contribution in [3.05, 3.63) is 33.3 Å². The number of nitrogens with two attached hydrogens (primary N) is 1. The highest BCUT2D eigenvalue weighted by Crippen LogP contribution is 2.30. The molecule has 1 aromatic carbocycles. The van der Waals surface area contributed by atoms with Crippen molar-refractivity contribution in [2.45, 2.75) is 29.7 Å². The SMILES string of the molecule is NC1(CNS(=O)(=O)c2cc([N+](=O)[O-])ccc2Cl)CCC1. The molecule has 2 rings (SSSR count). The van der Waals surface area contributed by atoms with Crippen LogP contribution in [0.4, 0.5) is 5.69 Å². The second kappa shape index (κ2) is 5.28. The van der Waals surface area contributed by atoms with Crippen LogP contribution in [-0.2, 0) is 10.0 Å². The van der Waals surface area contributed by atoms with Gasteiger partial charge < -0.3 is 5.73 Å². The van der Waals surface area contributed by atoms with Gasteiger partial charge in [-0.15, -0.1) is 0 Å². The fourth-order valence-electron chi connectivity index (χ4n) is 1.94. The van der Waals surface area contributed by atoms with Gasteiger partial charge in [-0.25, -0.2) is 13.1 Å². The van der Waals surface area contributed by atoms with Crippen molar-refractivity contribution in [3.63, 3.8) is 0 Å². The van der Waals surface area contributed by atoms with Crippen molar-refractivity contribution in [1.82, 2.24) is 4.72 Å². The first kappa shape index (κ1) is 15.2. The maximum Gasteiger partial charge on any atom is 0.270 e. The summed E-state index contributed by atoms with van der Waals surface area (Å²) in [6.45, 7) is 0.0916. The Kier molecular flexibility index (Phi) is 4.01. The van der Waals surface area contributed by atoms with E-state index in [0.29, 0.717) is 0 Å². The van der Waals surface area contributed by atoms with Gasteiger partial charge in [-0.1, -0.05) is 11.6 Å². The lowest BCUT2D eigenvalue weighted by atomic mass is 9.78. The van der Waals surface area contributed by atoms with E-state index >= 15 is 0 Å². The van der Waals surface area contributed by atoms with Crippen molar-refractivity contribution >= 4 is 27.3 Å². The second-order valence-corrected chi connectivity index (χ2v) is 7.05. The molecule has 9 heteroatoms. The number of hydrogen-bond acceptors (Lipinski definition) is 5. The van der Waals surface area contributed by atoms with Crippen molar-refractivity contribution in [3.8, 4) is 0 Å². The maximum atomic E-state index is 12.1. The zero-order valence-corrected chi connectivity index (χ0v) is 12.1. The Bertz CT molecular complexity index is 643. The average Bonchev–Trinajstić information content (AvgIpc) is 2.34. The number of benzene rings is 1. The van der Waals surface area contributed by atoms with Gasteiger partial charge in [-0.3, -0.25) is 10.1 Å². The molecule has 1 aliphatic rings. The van der Waals surface area contributed by atoms with Crippen LogP contribution in [0.3, 0.4) is 0 Å². The molecule has 1 fully saturated rings. The molecule has 7 nitrogen and oxygen atoms in total. The van der Waals surface area contributed by atoms with Crippen LogP contribution < -0.4 is 10.5 Å². The number of sulfonamides is 1. The first-order valence-electron chi connectivity index (χ1n) is 5.96. The molecule has 0 bridgehead atoms. The summed E-state index contributed by atoms with van der Waals surface area (Å²) < 4.78 is 26.6. The van der Waals surface area contributed by atoms with Crippen molar-refractivity contribution in [2.75, 3.05) is 6.54 Å². The molecule has 0 heterocycles. The summed E-state index contributed by atoms with van der Waals surface area (Å²) in [6.07, 6.45) is 2.46. The molecular weight excluding hydrogens is 306 g/mol. The molecule has 0 radical (unpaired) electrons. The molecule has 0 atom stereocenters. The van der Waals surface area contributed by atoms with Gasteiger partial charge in [0, 0.05) is 24.2 Å². The first-order chi connectivity index (χ1) is 9.23. The highest BCUT2D eigenvalue weighted by atomic mass is 35.5. The third-order valence-electron chi connectivity index (χ3n) is 3.38. The van der Waals surface area contributed by atoms with Crippen molar-refractivity contribution < 1.29 is 13.3 Å². The molecule has 0 aliphatic heterocycles. The molecule has 1 aromatic rings. The molecule has 1 aliphatic carbocycles. The Morgan fingerprint density at radius 2 is 2.10 bits per heavy atom.